The Morgan fingerprint density at radius 1 is 1.15 bits per heavy atom. The molecule has 172 valence electrons. The van der Waals surface area contributed by atoms with Gasteiger partial charge in [-0.3, -0.25) is 9.69 Å². The van der Waals surface area contributed by atoms with Gasteiger partial charge in [-0.1, -0.05) is 43.3 Å². The van der Waals surface area contributed by atoms with Crippen molar-refractivity contribution in [2.45, 2.75) is 58.0 Å². The van der Waals surface area contributed by atoms with Gasteiger partial charge in [0.25, 0.3) is 0 Å². The van der Waals surface area contributed by atoms with E-state index in [9.17, 15) is 4.79 Å². The number of thioether (sulfide) groups is 1. The van der Waals surface area contributed by atoms with Crippen molar-refractivity contribution >= 4 is 23.4 Å². The fourth-order valence-electron chi connectivity index (χ4n) is 3.62. The highest BCUT2D eigenvalue weighted by Crippen LogP contribution is 2.43. The van der Waals surface area contributed by atoms with Gasteiger partial charge < -0.3 is 9.47 Å². The maximum Gasteiger partial charge on any atom is 0.247 e. The third-order valence-electron chi connectivity index (χ3n) is 5.12. The van der Waals surface area contributed by atoms with Crippen LogP contribution in [0.15, 0.2) is 53.7 Å². The predicted molar refractivity (Wildman–Crippen MR) is 130 cm³/mol. The van der Waals surface area contributed by atoms with E-state index in [0.717, 1.165) is 35.5 Å². The summed E-state index contributed by atoms with van der Waals surface area (Å²) in [6.45, 7) is 7.65. The molecular weight excluding hydrogens is 436 g/mol. The van der Waals surface area contributed by atoms with Crippen LogP contribution in [0.3, 0.4) is 0 Å². The molecule has 4 rings (SSSR count). The average molecular weight is 465 g/mol. The number of amides is 1. The summed E-state index contributed by atoms with van der Waals surface area (Å²) < 4.78 is 12.2. The molecule has 2 heterocycles. The van der Waals surface area contributed by atoms with Crippen LogP contribution >= 0.6 is 11.8 Å². The summed E-state index contributed by atoms with van der Waals surface area (Å²) >= 11 is 1.56. The number of fused-ring (bicyclic) bond motifs is 3. The number of benzene rings is 2. The first kappa shape index (κ1) is 23.0. The molecule has 1 atom stereocenters. The molecule has 1 aliphatic rings. The van der Waals surface area contributed by atoms with E-state index < -0.39 is 6.23 Å². The van der Waals surface area contributed by atoms with Gasteiger partial charge in [-0.15, -0.1) is 10.2 Å². The van der Waals surface area contributed by atoms with Gasteiger partial charge in [0, 0.05) is 23.8 Å². The second-order valence-electron chi connectivity index (χ2n) is 8.06. The molecule has 1 aromatic heterocycles. The Hall–Kier alpha value is -3.13. The van der Waals surface area contributed by atoms with Crippen LogP contribution in [-0.4, -0.2) is 32.9 Å². The third-order valence-corrected chi connectivity index (χ3v) is 6.04. The summed E-state index contributed by atoms with van der Waals surface area (Å²) in [7, 11) is 0. The van der Waals surface area contributed by atoms with Crippen LogP contribution in [0.2, 0.25) is 0 Å². The first-order valence-corrected chi connectivity index (χ1v) is 12.2. The maximum atomic E-state index is 12.9. The average Bonchev–Trinajstić information content (AvgIpc) is 2.94. The van der Waals surface area contributed by atoms with Crippen molar-refractivity contribution in [1.29, 1.82) is 0 Å². The zero-order valence-corrected chi connectivity index (χ0v) is 20.1. The van der Waals surface area contributed by atoms with Crippen LogP contribution in [0.5, 0.6) is 11.6 Å². The molecule has 0 spiro atoms. The van der Waals surface area contributed by atoms with E-state index in [0.29, 0.717) is 22.4 Å². The number of nitrogens with zero attached hydrogens (tertiary/aromatic N) is 4. The first-order chi connectivity index (χ1) is 16.0. The number of aromatic nitrogens is 3. The standard InChI is InChI=1S/C25H28N4O3S/c1-5-6-15-33-25-26-23-22(27-28-25)20-9-7-8-10-21(20)29(17(4)30)24(32-23)18-11-13-19(14-12-18)31-16(2)3/h7-14,16,24H,5-6,15H2,1-4H3. The molecule has 2 aromatic carbocycles. The van der Waals surface area contributed by atoms with Crippen LogP contribution in [0.25, 0.3) is 11.3 Å². The van der Waals surface area contributed by atoms with E-state index in [4.69, 9.17) is 9.47 Å². The molecule has 8 heteroatoms. The van der Waals surface area contributed by atoms with Crippen LogP contribution in [-0.2, 0) is 4.79 Å². The van der Waals surface area contributed by atoms with Gasteiger partial charge >= 0.3 is 0 Å². The molecule has 1 aliphatic heterocycles. The number of ether oxygens (including phenoxy) is 2. The fourth-order valence-corrected chi connectivity index (χ4v) is 4.48. The van der Waals surface area contributed by atoms with E-state index >= 15 is 0 Å². The predicted octanol–water partition coefficient (Wildman–Crippen LogP) is 5.66. The van der Waals surface area contributed by atoms with Crippen molar-refractivity contribution in [2.75, 3.05) is 10.7 Å². The molecule has 1 amide bonds. The van der Waals surface area contributed by atoms with Crippen LogP contribution in [0.1, 0.15) is 52.3 Å². The molecular formula is C25H28N4O3S. The zero-order chi connectivity index (χ0) is 23.4. The highest BCUT2D eigenvalue weighted by molar-refractivity contribution is 7.99. The van der Waals surface area contributed by atoms with Crippen LogP contribution < -0.4 is 14.4 Å². The Kier molecular flexibility index (Phi) is 7.13. The summed E-state index contributed by atoms with van der Waals surface area (Å²) in [6, 6.07) is 15.2. The van der Waals surface area contributed by atoms with Crippen molar-refractivity contribution in [2.24, 2.45) is 0 Å². The number of para-hydroxylation sites is 1. The van der Waals surface area contributed by atoms with E-state index in [-0.39, 0.29) is 12.0 Å². The lowest BCUT2D eigenvalue weighted by molar-refractivity contribution is -0.118. The molecule has 0 bridgehead atoms. The van der Waals surface area contributed by atoms with Crippen molar-refractivity contribution < 1.29 is 14.3 Å². The minimum atomic E-state index is -0.705. The van der Waals surface area contributed by atoms with E-state index in [1.807, 2.05) is 62.4 Å². The van der Waals surface area contributed by atoms with Crippen molar-refractivity contribution in [3.05, 3.63) is 54.1 Å². The maximum absolute atomic E-state index is 12.9. The van der Waals surface area contributed by atoms with Crippen LogP contribution in [0, 0.1) is 0 Å². The molecule has 0 saturated heterocycles. The van der Waals surface area contributed by atoms with Crippen molar-refractivity contribution in [1.82, 2.24) is 15.2 Å². The minimum Gasteiger partial charge on any atom is -0.491 e. The summed E-state index contributed by atoms with van der Waals surface area (Å²) in [5.41, 5.74) is 2.80. The van der Waals surface area contributed by atoms with Gasteiger partial charge in [0.05, 0.1) is 11.8 Å². The number of hydrogen-bond donors (Lipinski definition) is 0. The Morgan fingerprint density at radius 3 is 2.61 bits per heavy atom. The van der Waals surface area contributed by atoms with Gasteiger partial charge in [0.15, 0.2) is 5.69 Å². The quantitative estimate of drug-likeness (QED) is 0.330. The van der Waals surface area contributed by atoms with Gasteiger partial charge in [-0.25, -0.2) is 0 Å². The second-order valence-corrected chi connectivity index (χ2v) is 9.12. The molecule has 33 heavy (non-hydrogen) atoms. The highest BCUT2D eigenvalue weighted by Gasteiger charge is 2.34. The molecule has 0 N–H and O–H groups in total. The normalized spacial score (nSPS) is 14.8. The van der Waals surface area contributed by atoms with Crippen LogP contribution in [0.4, 0.5) is 5.69 Å². The number of carbonyl (C=O) groups is 1. The summed E-state index contributed by atoms with van der Waals surface area (Å²) in [6.07, 6.45) is 1.54. The Labute approximate surface area is 198 Å². The van der Waals surface area contributed by atoms with Gasteiger partial charge in [0.2, 0.25) is 23.2 Å². The third kappa shape index (κ3) is 5.11. The van der Waals surface area contributed by atoms with Crippen molar-refractivity contribution in [3.63, 3.8) is 0 Å². The lowest BCUT2D eigenvalue weighted by Crippen LogP contribution is -2.36. The number of carbonyl (C=O) groups excluding carboxylic acids is 1. The van der Waals surface area contributed by atoms with E-state index in [2.05, 4.69) is 22.1 Å². The zero-order valence-electron chi connectivity index (χ0n) is 19.3. The van der Waals surface area contributed by atoms with Gasteiger partial charge in [-0.05, 0) is 50.6 Å². The first-order valence-electron chi connectivity index (χ1n) is 11.2. The van der Waals surface area contributed by atoms with E-state index in [1.165, 1.54) is 6.92 Å². The molecule has 0 saturated carbocycles. The molecule has 0 aliphatic carbocycles. The lowest BCUT2D eigenvalue weighted by Gasteiger charge is -2.30. The van der Waals surface area contributed by atoms with Crippen molar-refractivity contribution in [3.8, 4) is 22.9 Å². The smallest absolute Gasteiger partial charge is 0.247 e. The highest BCUT2D eigenvalue weighted by atomic mass is 32.2. The number of anilines is 1. The summed E-state index contributed by atoms with van der Waals surface area (Å²) in [5.74, 6) is 1.89. The minimum absolute atomic E-state index is 0.0730. The molecule has 3 aromatic rings. The monoisotopic (exact) mass is 464 g/mol. The topological polar surface area (TPSA) is 77.4 Å². The largest absolute Gasteiger partial charge is 0.491 e. The van der Waals surface area contributed by atoms with Gasteiger partial charge in [0.1, 0.15) is 5.75 Å². The Bertz CT molecular complexity index is 1120. The molecule has 0 radical (unpaired) electrons. The molecule has 7 nitrogen and oxygen atoms in total. The summed E-state index contributed by atoms with van der Waals surface area (Å²) in [5, 5.41) is 9.33. The number of rotatable bonds is 7. The number of unbranched alkanes of at least 4 members (excludes halogenated alkanes) is 1. The Morgan fingerprint density at radius 2 is 1.91 bits per heavy atom. The van der Waals surface area contributed by atoms with E-state index in [1.54, 1.807) is 16.7 Å². The SMILES string of the molecule is CCCCSc1nnc2c(n1)OC(c1ccc(OC(C)C)cc1)N(C(C)=O)c1ccccc1-2. The lowest BCUT2D eigenvalue weighted by atomic mass is 10.1. The number of hydrogen-bond acceptors (Lipinski definition) is 7. The summed E-state index contributed by atoms with van der Waals surface area (Å²) in [4.78, 5) is 19.2. The van der Waals surface area contributed by atoms with Gasteiger partial charge in [-0.2, -0.15) is 4.98 Å². The molecule has 1 unspecified atom stereocenters. The fraction of sp³-hybridized carbons (Fsp3) is 0.360. The molecule has 0 fully saturated rings. The second kappa shape index (κ2) is 10.2. The Balaban J connectivity index is 1.79.